The predicted molar refractivity (Wildman–Crippen MR) is 84.9 cm³/mol. The van der Waals surface area contributed by atoms with Crippen LogP contribution in [-0.4, -0.2) is 41.4 Å². The van der Waals surface area contributed by atoms with E-state index >= 15 is 0 Å². The number of thioether (sulfide) groups is 2. The molecule has 1 aromatic rings. The maximum atomic E-state index is 9.03. The monoisotopic (exact) mass is 297 g/mol. The van der Waals surface area contributed by atoms with Crippen molar-refractivity contribution < 1.29 is 5.21 Å². The first-order valence-corrected chi connectivity index (χ1v) is 8.56. The molecule has 0 spiro atoms. The minimum absolute atomic E-state index is 0.186. The number of hydrogen-bond acceptors (Lipinski definition) is 5. The highest BCUT2D eigenvalue weighted by Gasteiger charge is 2.23. The lowest BCUT2D eigenvalue weighted by atomic mass is 10.1. The standard InChI is InChI=1S/C13H19N3OS2/c1-9-8-19-7-6-16(9)10-4-3-5-11(18-2)12(10)13(14)15-17/h3-5,9,17H,6-8H2,1-2H3,(H2,14,15). The molecule has 1 aromatic carbocycles. The van der Waals surface area contributed by atoms with Crippen molar-refractivity contribution in [1.29, 1.82) is 0 Å². The molecular formula is C13H19N3OS2. The molecule has 0 saturated carbocycles. The minimum Gasteiger partial charge on any atom is -0.409 e. The third-order valence-electron chi connectivity index (χ3n) is 3.27. The molecule has 0 bridgehead atoms. The third kappa shape index (κ3) is 2.95. The van der Waals surface area contributed by atoms with Crippen LogP contribution in [0, 0.1) is 0 Å². The van der Waals surface area contributed by atoms with Gasteiger partial charge in [0.05, 0.1) is 5.56 Å². The Morgan fingerprint density at radius 3 is 3.00 bits per heavy atom. The van der Waals surface area contributed by atoms with E-state index in [0.717, 1.165) is 34.2 Å². The molecule has 1 unspecified atom stereocenters. The zero-order chi connectivity index (χ0) is 13.8. The SMILES string of the molecule is CSc1cccc(N2CCSCC2C)c1/C(N)=N/O. The van der Waals surface area contributed by atoms with Crippen LogP contribution in [0.3, 0.4) is 0 Å². The maximum absolute atomic E-state index is 9.03. The van der Waals surface area contributed by atoms with Gasteiger partial charge in [-0.15, -0.1) is 11.8 Å². The second-order valence-corrected chi connectivity index (χ2v) is 6.45. The van der Waals surface area contributed by atoms with E-state index in [1.54, 1.807) is 11.8 Å². The van der Waals surface area contributed by atoms with Crippen molar-refractivity contribution in [2.24, 2.45) is 10.9 Å². The molecule has 1 saturated heterocycles. The molecule has 0 aliphatic carbocycles. The fourth-order valence-corrected chi connectivity index (χ4v) is 3.96. The van der Waals surface area contributed by atoms with Crippen molar-refractivity contribution in [3.05, 3.63) is 23.8 Å². The number of hydrogen-bond donors (Lipinski definition) is 2. The van der Waals surface area contributed by atoms with Gasteiger partial charge in [-0.05, 0) is 25.3 Å². The molecule has 19 heavy (non-hydrogen) atoms. The molecule has 1 aliphatic heterocycles. The summed E-state index contributed by atoms with van der Waals surface area (Å²) in [6, 6.07) is 6.55. The van der Waals surface area contributed by atoms with Crippen LogP contribution >= 0.6 is 23.5 Å². The summed E-state index contributed by atoms with van der Waals surface area (Å²) in [7, 11) is 0. The van der Waals surface area contributed by atoms with Crippen molar-refractivity contribution in [2.75, 3.05) is 29.2 Å². The summed E-state index contributed by atoms with van der Waals surface area (Å²) in [5.41, 5.74) is 7.79. The summed E-state index contributed by atoms with van der Waals surface area (Å²) in [4.78, 5) is 3.39. The van der Waals surface area contributed by atoms with Gasteiger partial charge in [0, 0.05) is 34.7 Å². The number of benzene rings is 1. The Morgan fingerprint density at radius 2 is 2.37 bits per heavy atom. The highest BCUT2D eigenvalue weighted by Crippen LogP contribution is 2.32. The van der Waals surface area contributed by atoms with Crippen molar-refractivity contribution in [1.82, 2.24) is 0 Å². The summed E-state index contributed by atoms with van der Waals surface area (Å²) >= 11 is 3.59. The Hall–Kier alpha value is -1.01. The van der Waals surface area contributed by atoms with E-state index in [2.05, 4.69) is 23.0 Å². The number of rotatable bonds is 3. The number of oxime groups is 1. The molecule has 4 nitrogen and oxygen atoms in total. The second-order valence-electron chi connectivity index (χ2n) is 4.46. The number of nitrogens with zero attached hydrogens (tertiary/aromatic N) is 2. The zero-order valence-corrected chi connectivity index (χ0v) is 12.8. The van der Waals surface area contributed by atoms with Gasteiger partial charge in [-0.3, -0.25) is 0 Å². The van der Waals surface area contributed by atoms with Crippen LogP contribution in [0.4, 0.5) is 5.69 Å². The number of amidine groups is 1. The van der Waals surface area contributed by atoms with E-state index < -0.39 is 0 Å². The molecule has 0 radical (unpaired) electrons. The van der Waals surface area contributed by atoms with E-state index in [4.69, 9.17) is 10.9 Å². The van der Waals surface area contributed by atoms with E-state index in [1.807, 2.05) is 30.2 Å². The van der Waals surface area contributed by atoms with Gasteiger partial charge in [-0.1, -0.05) is 11.2 Å². The highest BCUT2D eigenvalue weighted by atomic mass is 32.2. The molecule has 6 heteroatoms. The van der Waals surface area contributed by atoms with Crippen molar-refractivity contribution in [3.8, 4) is 0 Å². The lowest BCUT2D eigenvalue weighted by molar-refractivity contribution is 0.318. The zero-order valence-electron chi connectivity index (χ0n) is 11.2. The van der Waals surface area contributed by atoms with Crippen LogP contribution in [0.1, 0.15) is 12.5 Å². The Labute approximate surface area is 122 Å². The predicted octanol–water partition coefficient (Wildman–Crippen LogP) is 2.44. The summed E-state index contributed by atoms with van der Waals surface area (Å²) in [6.07, 6.45) is 2.00. The van der Waals surface area contributed by atoms with Crippen LogP contribution in [0.15, 0.2) is 28.3 Å². The van der Waals surface area contributed by atoms with Crippen LogP contribution in [-0.2, 0) is 0 Å². The minimum atomic E-state index is 0.186. The van der Waals surface area contributed by atoms with E-state index in [-0.39, 0.29) is 5.84 Å². The summed E-state index contributed by atoms with van der Waals surface area (Å²) in [5.74, 6) is 2.41. The van der Waals surface area contributed by atoms with Crippen LogP contribution in [0.5, 0.6) is 0 Å². The van der Waals surface area contributed by atoms with Gasteiger partial charge in [-0.2, -0.15) is 11.8 Å². The van der Waals surface area contributed by atoms with E-state index in [1.165, 1.54) is 0 Å². The molecule has 1 fully saturated rings. The number of nitrogens with two attached hydrogens (primary N) is 1. The first-order valence-electron chi connectivity index (χ1n) is 6.18. The Bertz CT molecular complexity index is 479. The molecule has 104 valence electrons. The first kappa shape index (κ1) is 14.4. The van der Waals surface area contributed by atoms with Crippen molar-refractivity contribution >= 4 is 35.0 Å². The maximum Gasteiger partial charge on any atom is 0.173 e. The van der Waals surface area contributed by atoms with Gasteiger partial charge in [0.2, 0.25) is 0 Å². The fourth-order valence-electron chi connectivity index (χ4n) is 2.32. The molecule has 1 atom stereocenters. The van der Waals surface area contributed by atoms with Crippen LogP contribution < -0.4 is 10.6 Å². The van der Waals surface area contributed by atoms with E-state index in [9.17, 15) is 0 Å². The number of anilines is 1. The average molecular weight is 297 g/mol. The fraction of sp³-hybridized carbons (Fsp3) is 0.462. The summed E-state index contributed by atoms with van der Waals surface area (Å²) < 4.78 is 0. The molecule has 0 amide bonds. The lowest BCUT2D eigenvalue weighted by Gasteiger charge is -2.36. The summed E-state index contributed by atoms with van der Waals surface area (Å²) in [6.45, 7) is 3.21. The van der Waals surface area contributed by atoms with Crippen LogP contribution in [0.2, 0.25) is 0 Å². The molecule has 1 heterocycles. The van der Waals surface area contributed by atoms with Gasteiger partial charge in [-0.25, -0.2) is 0 Å². The van der Waals surface area contributed by atoms with Gasteiger partial charge >= 0.3 is 0 Å². The van der Waals surface area contributed by atoms with Crippen molar-refractivity contribution in [2.45, 2.75) is 17.9 Å². The van der Waals surface area contributed by atoms with Gasteiger partial charge in [0.1, 0.15) is 0 Å². The molecule has 3 N–H and O–H groups in total. The average Bonchev–Trinajstić information content (AvgIpc) is 2.46. The largest absolute Gasteiger partial charge is 0.409 e. The normalized spacial score (nSPS) is 20.6. The Morgan fingerprint density at radius 1 is 1.58 bits per heavy atom. The van der Waals surface area contributed by atoms with Crippen LogP contribution in [0.25, 0.3) is 0 Å². The Balaban J connectivity index is 2.49. The third-order valence-corrected chi connectivity index (χ3v) is 5.23. The molecule has 2 rings (SSSR count). The molecule has 0 aromatic heterocycles. The van der Waals surface area contributed by atoms with Crippen molar-refractivity contribution in [3.63, 3.8) is 0 Å². The summed E-state index contributed by atoms with van der Waals surface area (Å²) in [5, 5.41) is 12.2. The molecule has 1 aliphatic rings. The lowest BCUT2D eigenvalue weighted by Crippen LogP contribution is -2.41. The Kier molecular flexibility index (Phi) is 4.87. The quantitative estimate of drug-likeness (QED) is 0.295. The molecular weight excluding hydrogens is 278 g/mol. The second kappa shape index (κ2) is 6.43. The smallest absolute Gasteiger partial charge is 0.173 e. The van der Waals surface area contributed by atoms with Gasteiger partial charge in [0.15, 0.2) is 5.84 Å². The van der Waals surface area contributed by atoms with Gasteiger partial charge < -0.3 is 15.8 Å². The highest BCUT2D eigenvalue weighted by molar-refractivity contribution is 7.99. The first-order chi connectivity index (χ1) is 9.19. The van der Waals surface area contributed by atoms with Gasteiger partial charge in [0.25, 0.3) is 0 Å². The van der Waals surface area contributed by atoms with E-state index in [0.29, 0.717) is 6.04 Å². The topological polar surface area (TPSA) is 61.8 Å².